The third kappa shape index (κ3) is 4.68. The Morgan fingerprint density at radius 1 is 1.40 bits per heavy atom. The van der Waals surface area contributed by atoms with Gasteiger partial charge in [0.15, 0.2) is 0 Å². The zero-order valence-corrected chi connectivity index (χ0v) is 8.47. The van der Waals surface area contributed by atoms with Gasteiger partial charge in [-0.1, -0.05) is 53.9 Å². The summed E-state index contributed by atoms with van der Waals surface area (Å²) >= 11 is 22.1. The van der Waals surface area contributed by atoms with Crippen molar-refractivity contribution >= 4 is 46.4 Å². The Labute approximate surface area is 81.1 Å². The lowest BCUT2D eigenvalue weighted by Gasteiger charge is -2.13. The van der Waals surface area contributed by atoms with Crippen LogP contribution in [0.5, 0.6) is 0 Å². The van der Waals surface area contributed by atoms with Gasteiger partial charge in [-0.25, -0.2) is 0 Å². The molecule has 0 bridgehead atoms. The van der Waals surface area contributed by atoms with Crippen LogP contribution in [0.1, 0.15) is 13.3 Å². The number of hydrogen-bond donors (Lipinski definition) is 0. The van der Waals surface area contributed by atoms with Gasteiger partial charge < -0.3 is 0 Å². The van der Waals surface area contributed by atoms with Gasteiger partial charge in [-0.3, -0.25) is 0 Å². The highest BCUT2D eigenvalue weighted by molar-refractivity contribution is 6.70. The molecule has 0 nitrogen and oxygen atoms in total. The van der Waals surface area contributed by atoms with Crippen LogP contribution in [0.15, 0.2) is 12.2 Å². The minimum Gasteiger partial charge on any atom is -0.114 e. The first-order valence-corrected chi connectivity index (χ1v) is 4.43. The van der Waals surface area contributed by atoms with Gasteiger partial charge in [0.2, 0.25) is 3.79 Å². The first kappa shape index (κ1) is 10.9. The zero-order chi connectivity index (χ0) is 8.20. The van der Waals surface area contributed by atoms with Crippen molar-refractivity contribution in [2.75, 3.05) is 0 Å². The van der Waals surface area contributed by atoms with Gasteiger partial charge in [0.1, 0.15) is 0 Å². The summed E-state index contributed by atoms with van der Waals surface area (Å²) in [6, 6.07) is 0. The summed E-state index contributed by atoms with van der Waals surface area (Å²) in [5, 5.41) is -0.544. The van der Waals surface area contributed by atoms with Crippen molar-refractivity contribution in [2.45, 2.75) is 22.5 Å². The molecule has 0 amide bonds. The predicted molar refractivity (Wildman–Crippen MR) is 49.4 cm³/mol. The topological polar surface area (TPSA) is 0 Å². The molecule has 0 fully saturated rings. The second-order valence-corrected chi connectivity index (χ2v) is 4.62. The molecule has 0 aliphatic rings. The fourth-order valence-electron chi connectivity index (χ4n) is 0.365. The van der Waals surface area contributed by atoms with Crippen LogP contribution >= 0.6 is 46.4 Å². The molecule has 1 atom stereocenters. The SMILES string of the molecule is CCC=CC(Cl)C(Cl)(Cl)Cl. The van der Waals surface area contributed by atoms with Gasteiger partial charge in [0, 0.05) is 0 Å². The largest absolute Gasteiger partial charge is 0.210 e. The third-order valence-electron chi connectivity index (χ3n) is 0.853. The van der Waals surface area contributed by atoms with E-state index in [1.807, 2.05) is 13.0 Å². The van der Waals surface area contributed by atoms with Crippen LogP contribution in [0.25, 0.3) is 0 Å². The van der Waals surface area contributed by atoms with E-state index in [0.29, 0.717) is 0 Å². The van der Waals surface area contributed by atoms with Crippen LogP contribution < -0.4 is 0 Å². The van der Waals surface area contributed by atoms with Gasteiger partial charge in [-0.15, -0.1) is 11.6 Å². The molecule has 10 heavy (non-hydrogen) atoms. The molecule has 0 N–H and O–H groups in total. The lowest BCUT2D eigenvalue weighted by atomic mass is 10.3. The first-order chi connectivity index (χ1) is 4.48. The fraction of sp³-hybridized carbons (Fsp3) is 0.667. The number of alkyl halides is 4. The van der Waals surface area contributed by atoms with Gasteiger partial charge >= 0.3 is 0 Å². The molecule has 0 aromatic heterocycles. The monoisotopic (exact) mass is 220 g/mol. The molecule has 0 saturated carbocycles. The highest BCUT2D eigenvalue weighted by Gasteiger charge is 2.28. The summed E-state index contributed by atoms with van der Waals surface area (Å²) in [4.78, 5) is 0. The van der Waals surface area contributed by atoms with Gasteiger partial charge in [-0.2, -0.15) is 0 Å². The van der Waals surface area contributed by atoms with E-state index in [4.69, 9.17) is 46.4 Å². The lowest BCUT2D eigenvalue weighted by Crippen LogP contribution is -2.16. The van der Waals surface area contributed by atoms with Gasteiger partial charge in [-0.05, 0) is 6.42 Å². The van der Waals surface area contributed by atoms with E-state index < -0.39 is 9.17 Å². The molecule has 0 heterocycles. The van der Waals surface area contributed by atoms with E-state index in [2.05, 4.69) is 0 Å². The highest BCUT2D eigenvalue weighted by atomic mass is 35.6. The standard InChI is InChI=1S/C6H8Cl4/c1-2-3-4-5(7)6(8,9)10/h3-5H,2H2,1H3. The second kappa shape index (κ2) is 4.71. The second-order valence-electron chi connectivity index (χ2n) is 1.78. The van der Waals surface area contributed by atoms with Crippen molar-refractivity contribution in [1.29, 1.82) is 0 Å². The highest BCUT2D eigenvalue weighted by Crippen LogP contribution is 2.34. The molecule has 4 heteroatoms. The van der Waals surface area contributed by atoms with Crippen LogP contribution in [-0.2, 0) is 0 Å². The maximum Gasteiger partial charge on any atom is 0.210 e. The Kier molecular flexibility index (Phi) is 5.14. The van der Waals surface area contributed by atoms with E-state index in [-0.39, 0.29) is 0 Å². The molecule has 0 spiro atoms. The van der Waals surface area contributed by atoms with Crippen molar-refractivity contribution in [1.82, 2.24) is 0 Å². The Morgan fingerprint density at radius 2 is 1.90 bits per heavy atom. The average Bonchev–Trinajstić information content (AvgIpc) is 1.80. The summed E-state index contributed by atoms with van der Waals surface area (Å²) < 4.78 is -1.40. The number of rotatable bonds is 2. The summed E-state index contributed by atoms with van der Waals surface area (Å²) in [6.45, 7) is 1.98. The number of hydrogen-bond acceptors (Lipinski definition) is 0. The molecule has 0 saturated heterocycles. The third-order valence-corrected chi connectivity index (χ3v) is 2.37. The zero-order valence-electron chi connectivity index (χ0n) is 5.45. The van der Waals surface area contributed by atoms with E-state index in [9.17, 15) is 0 Å². The molecule has 0 aromatic carbocycles. The van der Waals surface area contributed by atoms with Crippen LogP contribution in [-0.4, -0.2) is 9.17 Å². The minimum atomic E-state index is -1.40. The lowest BCUT2D eigenvalue weighted by molar-refractivity contribution is 1.06. The Morgan fingerprint density at radius 3 is 2.20 bits per heavy atom. The molecule has 0 aromatic rings. The normalized spacial score (nSPS) is 16.1. The molecular formula is C6H8Cl4. The minimum absolute atomic E-state index is 0.544. The van der Waals surface area contributed by atoms with Crippen molar-refractivity contribution in [3.63, 3.8) is 0 Å². The van der Waals surface area contributed by atoms with Crippen molar-refractivity contribution in [3.8, 4) is 0 Å². The summed E-state index contributed by atoms with van der Waals surface area (Å²) in [5.74, 6) is 0. The summed E-state index contributed by atoms with van der Waals surface area (Å²) in [5.41, 5.74) is 0. The smallest absolute Gasteiger partial charge is 0.114 e. The first-order valence-electron chi connectivity index (χ1n) is 2.86. The molecule has 60 valence electrons. The van der Waals surface area contributed by atoms with E-state index in [1.165, 1.54) is 0 Å². The van der Waals surface area contributed by atoms with Crippen molar-refractivity contribution < 1.29 is 0 Å². The van der Waals surface area contributed by atoms with Gasteiger partial charge in [0.25, 0.3) is 0 Å². The molecule has 0 aliphatic heterocycles. The Balaban J connectivity index is 3.84. The fourth-order valence-corrected chi connectivity index (χ4v) is 0.686. The van der Waals surface area contributed by atoms with E-state index >= 15 is 0 Å². The number of halogens is 4. The van der Waals surface area contributed by atoms with Crippen LogP contribution in [0.2, 0.25) is 0 Å². The molecular weight excluding hydrogens is 214 g/mol. The van der Waals surface area contributed by atoms with Crippen molar-refractivity contribution in [2.24, 2.45) is 0 Å². The molecule has 0 radical (unpaired) electrons. The van der Waals surface area contributed by atoms with Crippen LogP contribution in [0.3, 0.4) is 0 Å². The molecule has 1 unspecified atom stereocenters. The van der Waals surface area contributed by atoms with Crippen LogP contribution in [0.4, 0.5) is 0 Å². The predicted octanol–water partition coefficient (Wildman–Crippen LogP) is 3.93. The number of allylic oxidation sites excluding steroid dienone is 2. The van der Waals surface area contributed by atoms with Gasteiger partial charge in [0.05, 0.1) is 5.38 Å². The average molecular weight is 222 g/mol. The Bertz CT molecular complexity index is 113. The van der Waals surface area contributed by atoms with Crippen LogP contribution in [0, 0.1) is 0 Å². The maximum atomic E-state index is 5.65. The van der Waals surface area contributed by atoms with E-state index in [1.54, 1.807) is 6.08 Å². The quantitative estimate of drug-likeness (QED) is 0.490. The summed E-state index contributed by atoms with van der Waals surface area (Å²) in [7, 11) is 0. The van der Waals surface area contributed by atoms with Crippen molar-refractivity contribution in [3.05, 3.63) is 12.2 Å². The van der Waals surface area contributed by atoms with E-state index in [0.717, 1.165) is 6.42 Å². The Hall–Kier alpha value is 0.900. The molecule has 0 aliphatic carbocycles. The summed E-state index contributed by atoms with van der Waals surface area (Å²) in [6.07, 6.45) is 4.43. The molecule has 0 rings (SSSR count). The maximum absolute atomic E-state index is 5.65.